The Hall–Kier alpha value is -3.62. The molecule has 0 unspecified atom stereocenters. The average Bonchev–Trinajstić information content (AvgIpc) is 3.46. The molecule has 0 N–H and O–H groups in total. The molecule has 0 saturated heterocycles. The zero-order valence-electron chi connectivity index (χ0n) is 16.2. The van der Waals surface area contributed by atoms with Crippen LogP contribution in [0.4, 0.5) is 0 Å². The molecule has 30 heavy (non-hydrogen) atoms. The van der Waals surface area contributed by atoms with Gasteiger partial charge >= 0.3 is 0 Å². The Bertz CT molecular complexity index is 1450. The monoisotopic (exact) mass is 402 g/mol. The van der Waals surface area contributed by atoms with Gasteiger partial charge in [-0.05, 0) is 51.6 Å². The number of fused-ring (bicyclic) bond motifs is 2. The van der Waals surface area contributed by atoms with Gasteiger partial charge in [0, 0.05) is 10.3 Å². The molecule has 6 aromatic rings. The van der Waals surface area contributed by atoms with Crippen molar-refractivity contribution in [2.75, 3.05) is 0 Å². The molecule has 0 fully saturated rings. The zero-order valence-corrected chi connectivity index (χ0v) is 17.0. The smallest absolute Gasteiger partial charge is 0.144 e. The van der Waals surface area contributed by atoms with Gasteiger partial charge in [0.1, 0.15) is 11.5 Å². The lowest BCUT2D eigenvalue weighted by Gasteiger charge is -2.07. The fourth-order valence-corrected chi connectivity index (χ4v) is 5.04. The van der Waals surface area contributed by atoms with Gasteiger partial charge in [-0.25, -0.2) is 0 Å². The molecule has 0 atom stereocenters. The van der Waals surface area contributed by atoms with E-state index in [1.165, 1.54) is 32.0 Å². The maximum absolute atomic E-state index is 6.21. The molecule has 142 valence electrons. The van der Waals surface area contributed by atoms with Crippen molar-refractivity contribution in [2.45, 2.75) is 0 Å². The minimum absolute atomic E-state index is 0.895. The molecule has 0 radical (unpaired) electrons. The van der Waals surface area contributed by atoms with Crippen molar-refractivity contribution in [3.05, 3.63) is 109 Å². The molecule has 1 nitrogen and oxygen atoms in total. The summed E-state index contributed by atoms with van der Waals surface area (Å²) in [5.41, 5.74) is 3.56. The minimum atomic E-state index is 0.895. The van der Waals surface area contributed by atoms with Gasteiger partial charge in [-0.15, -0.1) is 11.3 Å². The third-order valence-corrected chi connectivity index (χ3v) is 6.68. The Balaban J connectivity index is 1.34. The highest BCUT2D eigenvalue weighted by Gasteiger charge is 2.11. The second kappa shape index (κ2) is 7.01. The van der Waals surface area contributed by atoms with E-state index >= 15 is 0 Å². The summed E-state index contributed by atoms with van der Waals surface area (Å²) in [7, 11) is 0. The van der Waals surface area contributed by atoms with Crippen molar-refractivity contribution in [1.29, 1.82) is 0 Å². The van der Waals surface area contributed by atoms with Crippen LogP contribution in [0.2, 0.25) is 0 Å². The van der Waals surface area contributed by atoms with Crippen LogP contribution in [0.15, 0.2) is 114 Å². The molecule has 2 aromatic heterocycles. The number of rotatable bonds is 3. The Morgan fingerprint density at radius 3 is 2.10 bits per heavy atom. The van der Waals surface area contributed by atoms with E-state index in [0.29, 0.717) is 0 Å². The summed E-state index contributed by atoms with van der Waals surface area (Å²) >= 11 is 1.77. The number of benzene rings is 4. The first-order chi connectivity index (χ1) is 14.8. The predicted molar refractivity (Wildman–Crippen MR) is 128 cm³/mol. The van der Waals surface area contributed by atoms with E-state index in [9.17, 15) is 0 Å². The van der Waals surface area contributed by atoms with E-state index in [1.54, 1.807) is 11.3 Å². The van der Waals surface area contributed by atoms with Gasteiger partial charge in [-0.3, -0.25) is 0 Å². The van der Waals surface area contributed by atoms with Crippen molar-refractivity contribution in [3.63, 3.8) is 0 Å². The van der Waals surface area contributed by atoms with Crippen molar-refractivity contribution in [1.82, 2.24) is 0 Å². The van der Waals surface area contributed by atoms with E-state index in [2.05, 4.69) is 109 Å². The highest BCUT2D eigenvalue weighted by molar-refractivity contribution is 7.22. The van der Waals surface area contributed by atoms with Crippen LogP contribution in [0.3, 0.4) is 0 Å². The Morgan fingerprint density at radius 1 is 0.533 bits per heavy atom. The van der Waals surface area contributed by atoms with E-state index in [0.717, 1.165) is 22.0 Å². The number of hydrogen-bond donors (Lipinski definition) is 0. The average molecular weight is 403 g/mol. The van der Waals surface area contributed by atoms with Gasteiger partial charge in [-0.2, -0.15) is 0 Å². The summed E-state index contributed by atoms with van der Waals surface area (Å²) in [5, 5.41) is 3.80. The van der Waals surface area contributed by atoms with Gasteiger partial charge in [0.05, 0.1) is 4.88 Å². The Labute approximate surface area is 178 Å². The van der Waals surface area contributed by atoms with Crippen molar-refractivity contribution in [3.8, 4) is 33.1 Å². The lowest BCUT2D eigenvalue weighted by molar-refractivity contribution is 0.599. The highest BCUT2D eigenvalue weighted by Crippen LogP contribution is 2.37. The largest absolute Gasteiger partial charge is 0.455 e. The van der Waals surface area contributed by atoms with E-state index < -0.39 is 0 Å². The fourth-order valence-electron chi connectivity index (χ4n) is 4.02. The maximum atomic E-state index is 6.21. The summed E-state index contributed by atoms with van der Waals surface area (Å²) in [6.07, 6.45) is 0. The predicted octanol–water partition coefficient (Wildman–Crippen LogP) is 8.65. The molecule has 2 heterocycles. The Morgan fingerprint density at radius 2 is 1.23 bits per heavy atom. The quantitative estimate of drug-likeness (QED) is 0.289. The number of thiophene rings is 1. The van der Waals surface area contributed by atoms with Crippen molar-refractivity contribution >= 4 is 32.2 Å². The normalized spacial score (nSPS) is 11.3. The van der Waals surface area contributed by atoms with Crippen molar-refractivity contribution in [2.24, 2.45) is 0 Å². The second-order valence-corrected chi connectivity index (χ2v) is 8.50. The molecule has 0 saturated carbocycles. The summed E-state index contributed by atoms with van der Waals surface area (Å²) < 4.78 is 7.49. The lowest BCUT2D eigenvalue weighted by Crippen LogP contribution is -1.82. The molecule has 2 heteroatoms. The van der Waals surface area contributed by atoms with Crippen LogP contribution in [0, 0.1) is 0 Å². The molecular weight excluding hydrogens is 384 g/mol. The highest BCUT2D eigenvalue weighted by atomic mass is 32.1. The standard InChI is InChI=1S/C28H18OS/c1-3-9-23-19(6-1)8-5-10-24(23)20-12-14-21(15-13-20)25-16-17-26(29-25)28-18-22-7-2-4-11-27(22)30-28/h1-18H. The summed E-state index contributed by atoms with van der Waals surface area (Å²) in [4.78, 5) is 1.16. The van der Waals surface area contributed by atoms with Crippen LogP contribution in [0.25, 0.3) is 53.9 Å². The van der Waals surface area contributed by atoms with Crippen LogP contribution in [-0.2, 0) is 0 Å². The Kier molecular flexibility index (Phi) is 4.03. The van der Waals surface area contributed by atoms with E-state index in [1.807, 2.05) is 0 Å². The zero-order chi connectivity index (χ0) is 19.9. The van der Waals surface area contributed by atoms with Gasteiger partial charge < -0.3 is 4.42 Å². The first-order valence-corrected chi connectivity index (χ1v) is 10.8. The van der Waals surface area contributed by atoms with Crippen LogP contribution in [0.1, 0.15) is 0 Å². The summed E-state index contributed by atoms with van der Waals surface area (Å²) in [6.45, 7) is 0. The molecule has 0 aliphatic heterocycles. The lowest BCUT2D eigenvalue weighted by atomic mass is 9.97. The number of furan rings is 1. The van der Waals surface area contributed by atoms with Crippen LogP contribution in [0.5, 0.6) is 0 Å². The van der Waals surface area contributed by atoms with Crippen molar-refractivity contribution < 1.29 is 4.42 Å². The van der Waals surface area contributed by atoms with E-state index in [4.69, 9.17) is 4.42 Å². The van der Waals surface area contributed by atoms with Crippen LogP contribution < -0.4 is 0 Å². The maximum Gasteiger partial charge on any atom is 0.144 e. The van der Waals surface area contributed by atoms with Gasteiger partial charge in [0.25, 0.3) is 0 Å². The fraction of sp³-hybridized carbons (Fsp3) is 0. The summed E-state index contributed by atoms with van der Waals surface area (Å²) in [5.74, 6) is 1.82. The molecule has 0 spiro atoms. The van der Waals surface area contributed by atoms with Crippen LogP contribution >= 0.6 is 11.3 Å². The summed E-state index contributed by atoms with van der Waals surface area (Å²) in [6, 6.07) is 38.4. The van der Waals surface area contributed by atoms with E-state index in [-0.39, 0.29) is 0 Å². The molecule has 0 aliphatic carbocycles. The topological polar surface area (TPSA) is 13.1 Å². The van der Waals surface area contributed by atoms with Gasteiger partial charge in [-0.1, -0.05) is 84.9 Å². The van der Waals surface area contributed by atoms with Gasteiger partial charge in [0.2, 0.25) is 0 Å². The second-order valence-electron chi connectivity index (χ2n) is 7.42. The molecule has 0 amide bonds. The number of hydrogen-bond acceptors (Lipinski definition) is 2. The van der Waals surface area contributed by atoms with Crippen LogP contribution in [-0.4, -0.2) is 0 Å². The third kappa shape index (κ3) is 2.94. The van der Waals surface area contributed by atoms with Gasteiger partial charge in [0.15, 0.2) is 0 Å². The molecule has 6 rings (SSSR count). The minimum Gasteiger partial charge on any atom is -0.455 e. The molecular formula is C28H18OS. The molecule has 0 aliphatic rings. The third-order valence-electron chi connectivity index (χ3n) is 5.54. The molecule has 4 aromatic carbocycles. The molecule has 0 bridgehead atoms. The first kappa shape index (κ1) is 17.3. The first-order valence-electron chi connectivity index (χ1n) is 10.0. The SMILES string of the molecule is c1ccc2sc(-c3ccc(-c4ccc(-c5cccc6ccccc56)cc4)o3)cc2c1.